The Morgan fingerprint density at radius 3 is 2.91 bits per heavy atom. The number of aromatic nitrogens is 8. The molecule has 4 rings (SSSR count). The third kappa shape index (κ3) is 4.42. The van der Waals surface area contributed by atoms with Crippen LogP contribution in [0, 0.1) is 0 Å². The Morgan fingerprint density at radius 1 is 1.34 bits per heavy atom. The largest absolute Gasteiger partial charge is 0.378 e. The number of halogens is 2. The Bertz CT molecular complexity index is 1300. The second kappa shape index (κ2) is 9.33. The van der Waals surface area contributed by atoms with Crippen molar-refractivity contribution < 1.29 is 9.42 Å². The maximum absolute atomic E-state index is 12.8. The van der Waals surface area contributed by atoms with E-state index in [9.17, 15) is 4.79 Å². The molecule has 1 aromatic carbocycles. The minimum absolute atomic E-state index is 0.00332. The van der Waals surface area contributed by atoms with Gasteiger partial charge in [0.2, 0.25) is 11.6 Å². The topological polar surface area (TPSA) is 168 Å². The smallest absolute Gasteiger partial charge is 0.293 e. The number of hydrogen-bond donors (Lipinski definition) is 2. The maximum atomic E-state index is 12.8. The Labute approximate surface area is 193 Å². The summed E-state index contributed by atoms with van der Waals surface area (Å²) >= 11 is 13.4. The van der Waals surface area contributed by atoms with Crippen molar-refractivity contribution in [1.82, 2.24) is 45.5 Å². The van der Waals surface area contributed by atoms with Crippen LogP contribution in [0.5, 0.6) is 0 Å². The molecular weight excluding hydrogens is 481 g/mol. The summed E-state index contributed by atoms with van der Waals surface area (Å²) in [4.78, 5) is 12.8. The van der Waals surface area contributed by atoms with Crippen LogP contribution in [0.1, 0.15) is 21.7 Å². The zero-order valence-corrected chi connectivity index (χ0v) is 18.5. The minimum atomic E-state index is -0.616. The molecule has 164 valence electrons. The first-order chi connectivity index (χ1) is 15.5. The number of carbonyl (C=O) groups is 1. The molecule has 1 amide bonds. The van der Waals surface area contributed by atoms with Crippen LogP contribution in [0.2, 0.25) is 10.0 Å². The molecule has 16 heteroatoms. The number of hydrogen-bond acceptors (Lipinski definition) is 11. The summed E-state index contributed by atoms with van der Waals surface area (Å²) in [6, 6.07) is 5.05. The molecule has 0 radical (unpaired) electrons. The lowest BCUT2D eigenvalue weighted by Crippen LogP contribution is -2.20. The average molecular weight is 494 g/mol. The van der Waals surface area contributed by atoms with Crippen molar-refractivity contribution in [3.05, 3.63) is 51.5 Å². The van der Waals surface area contributed by atoms with E-state index in [1.165, 1.54) is 22.7 Å². The molecule has 0 aliphatic heterocycles. The molecule has 0 aliphatic carbocycles. The van der Waals surface area contributed by atoms with E-state index in [1.54, 1.807) is 36.1 Å². The molecule has 0 aliphatic rings. The lowest BCUT2D eigenvalue weighted by Gasteiger charge is -2.05. The van der Waals surface area contributed by atoms with Crippen LogP contribution < -0.4 is 11.2 Å². The fourth-order valence-corrected chi connectivity index (χ4v) is 3.72. The third-order valence-electron chi connectivity index (χ3n) is 4.03. The van der Waals surface area contributed by atoms with E-state index in [2.05, 4.69) is 46.0 Å². The molecule has 0 saturated heterocycles. The number of aryl methyl sites for hydroxylation is 1. The van der Waals surface area contributed by atoms with E-state index in [0.717, 1.165) is 0 Å². The van der Waals surface area contributed by atoms with E-state index < -0.39 is 5.91 Å². The predicted octanol–water partition coefficient (Wildman–Crippen LogP) is 1.72. The second-order valence-corrected chi connectivity index (χ2v) is 7.85. The molecule has 3 N–H and O–H groups in total. The molecule has 0 spiro atoms. The predicted molar refractivity (Wildman–Crippen MR) is 116 cm³/mol. The molecule has 3 heterocycles. The van der Waals surface area contributed by atoms with Crippen molar-refractivity contribution in [2.45, 2.75) is 10.9 Å². The van der Waals surface area contributed by atoms with Gasteiger partial charge in [0.1, 0.15) is 6.33 Å². The Balaban J connectivity index is 1.59. The van der Waals surface area contributed by atoms with Gasteiger partial charge in [0.25, 0.3) is 5.91 Å². The van der Waals surface area contributed by atoms with Crippen LogP contribution >= 0.6 is 35.0 Å². The number of thioether (sulfide) groups is 1. The molecule has 32 heavy (non-hydrogen) atoms. The van der Waals surface area contributed by atoms with E-state index in [-0.39, 0.29) is 23.1 Å². The maximum Gasteiger partial charge on any atom is 0.293 e. The number of benzene rings is 1. The molecule has 0 saturated carbocycles. The summed E-state index contributed by atoms with van der Waals surface area (Å²) in [7, 11) is 1.79. The number of nitrogens with zero attached hydrogens (tertiary/aromatic N) is 9. The summed E-state index contributed by atoms with van der Waals surface area (Å²) in [5.74, 6) is -0.299. The SMILES string of the molecule is Cn1cnnc1SCc1c(C(=O)NN=Cc2cccc(Cl)c2Cl)nnn1-c1nonc1N. The zero-order valence-electron chi connectivity index (χ0n) is 16.2. The van der Waals surface area contributed by atoms with Crippen molar-refractivity contribution in [1.29, 1.82) is 0 Å². The van der Waals surface area contributed by atoms with Gasteiger partial charge in [0.15, 0.2) is 10.9 Å². The van der Waals surface area contributed by atoms with Gasteiger partial charge in [-0.1, -0.05) is 52.3 Å². The average Bonchev–Trinajstić information content (AvgIpc) is 3.49. The van der Waals surface area contributed by atoms with E-state index in [0.29, 0.717) is 26.5 Å². The van der Waals surface area contributed by atoms with Crippen LogP contribution in [0.15, 0.2) is 39.4 Å². The lowest BCUT2D eigenvalue weighted by atomic mass is 10.2. The Morgan fingerprint density at radius 2 is 2.19 bits per heavy atom. The van der Waals surface area contributed by atoms with Crippen molar-refractivity contribution in [2.24, 2.45) is 12.1 Å². The molecule has 13 nitrogen and oxygen atoms in total. The fraction of sp³-hybridized carbons (Fsp3) is 0.125. The first kappa shape index (κ1) is 21.7. The van der Waals surface area contributed by atoms with Gasteiger partial charge in [-0.3, -0.25) is 4.79 Å². The van der Waals surface area contributed by atoms with Gasteiger partial charge in [-0.15, -0.1) is 15.3 Å². The summed E-state index contributed by atoms with van der Waals surface area (Å²) in [5, 5.41) is 28.2. The number of carbonyl (C=O) groups excluding carboxylic acids is 1. The first-order valence-corrected chi connectivity index (χ1v) is 10.5. The lowest BCUT2D eigenvalue weighted by molar-refractivity contribution is 0.0949. The summed E-state index contributed by atoms with van der Waals surface area (Å²) < 4.78 is 7.63. The van der Waals surface area contributed by atoms with Gasteiger partial charge in [0.05, 0.1) is 22.0 Å². The molecular formula is C16H13Cl2N11O2S. The van der Waals surface area contributed by atoms with Crippen LogP contribution in [0.3, 0.4) is 0 Å². The van der Waals surface area contributed by atoms with Gasteiger partial charge in [-0.25, -0.2) is 10.1 Å². The molecule has 3 aromatic heterocycles. The summed E-state index contributed by atoms with van der Waals surface area (Å²) in [6.45, 7) is 0. The summed E-state index contributed by atoms with van der Waals surface area (Å²) in [5.41, 5.74) is 9.06. The Kier molecular flexibility index (Phi) is 6.34. The van der Waals surface area contributed by atoms with Gasteiger partial charge in [-0.2, -0.15) is 9.78 Å². The van der Waals surface area contributed by atoms with Crippen LogP contribution in [0.4, 0.5) is 5.82 Å². The number of amides is 1. The first-order valence-electron chi connectivity index (χ1n) is 8.73. The van der Waals surface area contributed by atoms with E-state index >= 15 is 0 Å². The molecule has 0 unspecified atom stereocenters. The monoisotopic (exact) mass is 493 g/mol. The molecule has 0 fully saturated rings. The van der Waals surface area contributed by atoms with Gasteiger partial charge < -0.3 is 10.3 Å². The van der Waals surface area contributed by atoms with Gasteiger partial charge in [0, 0.05) is 18.4 Å². The number of nitrogen functional groups attached to an aromatic ring is 1. The number of anilines is 1. The number of rotatable bonds is 7. The number of hydrazone groups is 1. The highest BCUT2D eigenvalue weighted by molar-refractivity contribution is 7.98. The molecule has 0 atom stereocenters. The van der Waals surface area contributed by atoms with Crippen molar-refractivity contribution in [3.8, 4) is 5.82 Å². The van der Waals surface area contributed by atoms with Crippen LogP contribution in [0.25, 0.3) is 5.82 Å². The van der Waals surface area contributed by atoms with E-state index in [4.69, 9.17) is 28.9 Å². The summed E-state index contributed by atoms with van der Waals surface area (Å²) in [6.07, 6.45) is 2.92. The van der Waals surface area contributed by atoms with Crippen molar-refractivity contribution in [2.75, 3.05) is 5.73 Å². The highest BCUT2D eigenvalue weighted by Gasteiger charge is 2.24. The zero-order chi connectivity index (χ0) is 22.7. The van der Waals surface area contributed by atoms with Crippen LogP contribution in [-0.4, -0.2) is 52.2 Å². The number of nitrogens with one attached hydrogen (secondary N) is 1. The fourth-order valence-electron chi connectivity index (χ4n) is 2.49. The standard InChI is InChI=1S/C16H13Cl2N11O2S/c1-28-7-21-24-16(28)32-6-10-12(22-27-29(10)14-13(19)25-31-26-14)15(30)23-20-5-8-3-2-4-9(17)11(8)18/h2-5,7H,6H2,1H3,(H2,19,25)(H,23,30). The normalized spacial score (nSPS) is 11.3. The highest BCUT2D eigenvalue weighted by Crippen LogP contribution is 2.25. The van der Waals surface area contributed by atoms with E-state index in [1.807, 2.05) is 0 Å². The molecule has 4 aromatic rings. The van der Waals surface area contributed by atoms with Gasteiger partial charge >= 0.3 is 0 Å². The van der Waals surface area contributed by atoms with Crippen molar-refractivity contribution >= 4 is 52.9 Å². The van der Waals surface area contributed by atoms with Crippen molar-refractivity contribution in [3.63, 3.8) is 0 Å². The molecule has 0 bridgehead atoms. The van der Waals surface area contributed by atoms with Gasteiger partial charge in [-0.05, 0) is 16.4 Å². The third-order valence-corrected chi connectivity index (χ3v) is 5.91. The highest BCUT2D eigenvalue weighted by atomic mass is 35.5. The minimum Gasteiger partial charge on any atom is -0.378 e. The Hall–Kier alpha value is -3.49. The number of nitrogens with two attached hydrogens (primary N) is 1. The quantitative estimate of drug-likeness (QED) is 0.219. The second-order valence-electron chi connectivity index (χ2n) is 6.12. The van der Waals surface area contributed by atoms with Crippen LogP contribution in [-0.2, 0) is 12.8 Å².